The van der Waals surface area contributed by atoms with Crippen LogP contribution in [0, 0.1) is 0 Å². The van der Waals surface area contributed by atoms with E-state index in [2.05, 4.69) is 16.8 Å². The highest BCUT2D eigenvalue weighted by atomic mass is 35.5. The third-order valence-electron chi connectivity index (χ3n) is 2.51. The normalized spacial score (nSPS) is 10.6. The Morgan fingerprint density at radius 2 is 2.24 bits per heavy atom. The molecule has 0 bridgehead atoms. The Hall–Kier alpha value is -0.840. The quantitative estimate of drug-likeness (QED) is 0.760. The molecular weight excluding hydrogens is 238 g/mol. The van der Waals surface area contributed by atoms with Gasteiger partial charge in [0.25, 0.3) is 0 Å². The van der Waals surface area contributed by atoms with Crippen LogP contribution in [0.2, 0.25) is 5.02 Å². The smallest absolute Gasteiger partial charge is 0.147 e. The second-order valence-electron chi connectivity index (χ2n) is 3.63. The zero-order valence-electron chi connectivity index (χ0n) is 10.4. The van der Waals surface area contributed by atoms with Crippen LogP contribution in [0.5, 0.6) is 0 Å². The van der Waals surface area contributed by atoms with Crippen LogP contribution in [0.15, 0.2) is 12.3 Å². The summed E-state index contributed by atoms with van der Waals surface area (Å²) >= 11 is 6.19. The molecule has 1 aromatic rings. The predicted octanol–water partition coefficient (Wildman–Crippen LogP) is 2.06. The average Bonchev–Trinajstić information content (AvgIpc) is 2.35. The number of nitrogens with two attached hydrogens (primary N) is 1. The van der Waals surface area contributed by atoms with Gasteiger partial charge in [0, 0.05) is 32.4 Å². The third-order valence-corrected chi connectivity index (χ3v) is 2.78. The first-order chi connectivity index (χ1) is 8.22. The van der Waals surface area contributed by atoms with E-state index < -0.39 is 0 Å². The number of hydrogen-bond donors (Lipinski definition) is 1. The lowest BCUT2D eigenvalue weighted by molar-refractivity contribution is 0.154. The maximum Gasteiger partial charge on any atom is 0.147 e. The monoisotopic (exact) mass is 257 g/mol. The van der Waals surface area contributed by atoms with Crippen LogP contribution in [0.25, 0.3) is 0 Å². The van der Waals surface area contributed by atoms with Crippen LogP contribution < -0.4 is 10.6 Å². The van der Waals surface area contributed by atoms with Crippen molar-refractivity contribution < 1.29 is 4.74 Å². The lowest BCUT2D eigenvalue weighted by Crippen LogP contribution is -2.28. The number of hydrogen-bond acceptors (Lipinski definition) is 4. The first kappa shape index (κ1) is 14.2. The standard InChI is InChI=1S/C12H20ClN3O/c1-3-16(5-6-17-4-2)12-11(13)7-10(8-14)9-15-12/h7,9H,3-6,8,14H2,1-2H3. The van der Waals surface area contributed by atoms with Crippen molar-refractivity contribution in [2.24, 2.45) is 5.73 Å². The molecule has 1 aromatic heterocycles. The molecular formula is C12H20ClN3O. The maximum absolute atomic E-state index is 6.19. The molecule has 0 aromatic carbocycles. The largest absolute Gasteiger partial charge is 0.380 e. The molecule has 0 radical (unpaired) electrons. The molecule has 0 aliphatic rings. The number of likely N-dealkylation sites (N-methyl/N-ethyl adjacent to an activating group) is 1. The van der Waals surface area contributed by atoms with E-state index in [9.17, 15) is 0 Å². The Morgan fingerprint density at radius 1 is 1.47 bits per heavy atom. The van der Waals surface area contributed by atoms with Crippen LogP contribution in [0.1, 0.15) is 19.4 Å². The fourth-order valence-electron chi connectivity index (χ4n) is 1.55. The summed E-state index contributed by atoms with van der Waals surface area (Å²) in [6.45, 7) is 7.56. The SMILES string of the molecule is CCOCCN(CC)c1ncc(CN)cc1Cl. The molecule has 0 saturated heterocycles. The first-order valence-corrected chi connectivity index (χ1v) is 6.27. The summed E-state index contributed by atoms with van der Waals surface area (Å²) in [5.41, 5.74) is 6.49. The van der Waals surface area contributed by atoms with E-state index in [1.807, 2.05) is 13.0 Å². The molecule has 4 nitrogen and oxygen atoms in total. The van der Waals surface area contributed by atoms with Gasteiger partial charge in [0.15, 0.2) is 0 Å². The Balaban J connectivity index is 2.73. The zero-order chi connectivity index (χ0) is 12.7. The fraction of sp³-hybridized carbons (Fsp3) is 0.583. The van der Waals surface area contributed by atoms with Gasteiger partial charge in [0.05, 0.1) is 11.6 Å². The molecule has 1 heterocycles. The second kappa shape index (κ2) is 7.48. The summed E-state index contributed by atoms with van der Waals surface area (Å²) in [4.78, 5) is 6.45. The summed E-state index contributed by atoms with van der Waals surface area (Å²) in [6, 6.07) is 1.87. The van der Waals surface area contributed by atoms with Crippen molar-refractivity contribution in [2.75, 3.05) is 31.2 Å². The number of rotatable bonds is 7. The third kappa shape index (κ3) is 4.15. The molecule has 2 N–H and O–H groups in total. The summed E-state index contributed by atoms with van der Waals surface area (Å²) < 4.78 is 5.34. The van der Waals surface area contributed by atoms with E-state index >= 15 is 0 Å². The van der Waals surface area contributed by atoms with Crippen LogP contribution in [0.4, 0.5) is 5.82 Å². The van der Waals surface area contributed by atoms with Gasteiger partial charge in [-0.3, -0.25) is 0 Å². The maximum atomic E-state index is 6.19. The van der Waals surface area contributed by atoms with Crippen LogP contribution in [-0.2, 0) is 11.3 Å². The molecule has 0 spiro atoms. The molecule has 0 amide bonds. The molecule has 0 saturated carbocycles. The van der Waals surface area contributed by atoms with Gasteiger partial charge >= 0.3 is 0 Å². The summed E-state index contributed by atoms with van der Waals surface area (Å²) in [6.07, 6.45) is 1.77. The van der Waals surface area contributed by atoms with Gasteiger partial charge in [-0.05, 0) is 25.5 Å². The minimum atomic E-state index is 0.456. The van der Waals surface area contributed by atoms with Gasteiger partial charge in [0.1, 0.15) is 5.82 Å². The van der Waals surface area contributed by atoms with Gasteiger partial charge < -0.3 is 15.4 Å². The fourth-order valence-corrected chi connectivity index (χ4v) is 1.86. The van der Waals surface area contributed by atoms with Crippen molar-refractivity contribution in [2.45, 2.75) is 20.4 Å². The lowest BCUT2D eigenvalue weighted by Gasteiger charge is -2.23. The number of aromatic nitrogens is 1. The van der Waals surface area contributed by atoms with E-state index in [-0.39, 0.29) is 0 Å². The van der Waals surface area contributed by atoms with Crippen molar-refractivity contribution in [1.82, 2.24) is 4.98 Å². The van der Waals surface area contributed by atoms with E-state index in [4.69, 9.17) is 22.1 Å². The molecule has 96 valence electrons. The minimum absolute atomic E-state index is 0.456. The van der Waals surface area contributed by atoms with E-state index in [1.54, 1.807) is 6.20 Å². The highest BCUT2D eigenvalue weighted by Gasteiger charge is 2.10. The van der Waals surface area contributed by atoms with E-state index in [0.717, 1.165) is 31.1 Å². The number of pyridine rings is 1. The lowest BCUT2D eigenvalue weighted by atomic mass is 10.3. The highest BCUT2D eigenvalue weighted by molar-refractivity contribution is 6.33. The van der Waals surface area contributed by atoms with Gasteiger partial charge in [-0.1, -0.05) is 11.6 Å². The van der Waals surface area contributed by atoms with E-state index in [0.29, 0.717) is 18.2 Å². The topological polar surface area (TPSA) is 51.4 Å². The van der Waals surface area contributed by atoms with Crippen LogP contribution >= 0.6 is 11.6 Å². The zero-order valence-corrected chi connectivity index (χ0v) is 11.2. The van der Waals surface area contributed by atoms with Crippen molar-refractivity contribution >= 4 is 17.4 Å². The molecule has 0 aliphatic carbocycles. The van der Waals surface area contributed by atoms with Gasteiger partial charge in [-0.15, -0.1) is 0 Å². The van der Waals surface area contributed by atoms with Gasteiger partial charge in [-0.2, -0.15) is 0 Å². The van der Waals surface area contributed by atoms with Crippen LogP contribution in [0.3, 0.4) is 0 Å². The molecule has 0 atom stereocenters. The molecule has 0 unspecified atom stereocenters. The Labute approximate surface area is 108 Å². The number of anilines is 1. The molecule has 17 heavy (non-hydrogen) atoms. The summed E-state index contributed by atoms with van der Waals surface area (Å²) in [5.74, 6) is 0.797. The molecule has 5 heteroatoms. The Morgan fingerprint density at radius 3 is 2.76 bits per heavy atom. The van der Waals surface area contributed by atoms with Crippen molar-refractivity contribution in [3.8, 4) is 0 Å². The second-order valence-corrected chi connectivity index (χ2v) is 4.04. The van der Waals surface area contributed by atoms with Crippen molar-refractivity contribution in [1.29, 1.82) is 0 Å². The van der Waals surface area contributed by atoms with Gasteiger partial charge in [0.2, 0.25) is 0 Å². The summed E-state index contributed by atoms with van der Waals surface area (Å²) in [7, 11) is 0. The average molecular weight is 258 g/mol. The van der Waals surface area contributed by atoms with Gasteiger partial charge in [-0.25, -0.2) is 4.98 Å². The molecule has 1 rings (SSSR count). The Kier molecular flexibility index (Phi) is 6.26. The van der Waals surface area contributed by atoms with Crippen molar-refractivity contribution in [3.05, 3.63) is 22.8 Å². The summed E-state index contributed by atoms with van der Waals surface area (Å²) in [5, 5.41) is 0.645. The van der Waals surface area contributed by atoms with Crippen LogP contribution in [-0.4, -0.2) is 31.3 Å². The first-order valence-electron chi connectivity index (χ1n) is 5.90. The van der Waals surface area contributed by atoms with E-state index in [1.165, 1.54) is 0 Å². The highest BCUT2D eigenvalue weighted by Crippen LogP contribution is 2.23. The minimum Gasteiger partial charge on any atom is -0.380 e. The predicted molar refractivity (Wildman–Crippen MR) is 71.5 cm³/mol. The Bertz CT molecular complexity index is 347. The molecule has 0 aliphatic heterocycles. The number of ether oxygens (including phenoxy) is 1. The molecule has 0 fully saturated rings. The van der Waals surface area contributed by atoms with Crippen molar-refractivity contribution in [3.63, 3.8) is 0 Å². The number of nitrogens with zero attached hydrogens (tertiary/aromatic N) is 2. The number of halogens is 1.